The lowest BCUT2D eigenvalue weighted by Gasteiger charge is -2.31. The average Bonchev–Trinajstić information content (AvgIpc) is 3.09. The van der Waals surface area contributed by atoms with Crippen LogP contribution in [0.1, 0.15) is 55.8 Å². The maximum absolute atomic E-state index is 12.5. The van der Waals surface area contributed by atoms with Gasteiger partial charge in [0, 0.05) is 37.2 Å². The highest BCUT2D eigenvalue weighted by atomic mass is 16.2. The number of carbonyl (C=O) groups excluding carboxylic acids is 1. The highest BCUT2D eigenvalue weighted by molar-refractivity contribution is 5.80. The molecule has 2 aromatic rings. The van der Waals surface area contributed by atoms with Crippen molar-refractivity contribution >= 4 is 11.9 Å². The van der Waals surface area contributed by atoms with E-state index in [4.69, 9.17) is 0 Å². The molecule has 0 aromatic carbocycles. The van der Waals surface area contributed by atoms with Gasteiger partial charge in [-0.2, -0.15) is 0 Å². The van der Waals surface area contributed by atoms with Gasteiger partial charge in [0.2, 0.25) is 11.9 Å². The molecule has 2 aliphatic rings. The minimum absolute atomic E-state index is 0.0165. The van der Waals surface area contributed by atoms with Crippen LogP contribution in [0.25, 0.3) is 0 Å². The first-order chi connectivity index (χ1) is 13.2. The highest BCUT2D eigenvalue weighted by Gasteiger charge is 2.36. The van der Waals surface area contributed by atoms with E-state index in [2.05, 4.69) is 20.3 Å². The van der Waals surface area contributed by atoms with E-state index in [1.807, 2.05) is 23.1 Å². The topological polar surface area (TPSA) is 91.0 Å². The molecule has 1 amide bonds. The Bertz CT molecular complexity index is 845. The van der Waals surface area contributed by atoms with Crippen LogP contribution in [0.5, 0.6) is 0 Å². The second-order valence-electron chi connectivity index (χ2n) is 7.43. The Balaban J connectivity index is 1.46. The number of hydrogen-bond donors (Lipinski definition) is 2. The van der Waals surface area contributed by atoms with E-state index in [-0.39, 0.29) is 17.4 Å². The van der Waals surface area contributed by atoms with Crippen molar-refractivity contribution in [1.29, 1.82) is 0 Å². The fourth-order valence-corrected chi connectivity index (χ4v) is 4.12. The van der Waals surface area contributed by atoms with Crippen LogP contribution in [-0.4, -0.2) is 38.3 Å². The molecule has 2 fully saturated rings. The monoisotopic (exact) mass is 367 g/mol. The fraction of sp³-hybridized carbons (Fsp3) is 0.500. The number of aromatic amines is 1. The number of aromatic nitrogens is 3. The number of hydrogen-bond acceptors (Lipinski definition) is 5. The van der Waals surface area contributed by atoms with Crippen molar-refractivity contribution < 1.29 is 4.79 Å². The van der Waals surface area contributed by atoms with Crippen molar-refractivity contribution in [3.63, 3.8) is 0 Å². The molecule has 1 saturated carbocycles. The maximum Gasteiger partial charge on any atom is 0.252 e. The van der Waals surface area contributed by atoms with Crippen molar-refractivity contribution in [3.05, 3.63) is 52.2 Å². The van der Waals surface area contributed by atoms with Crippen LogP contribution >= 0.6 is 0 Å². The summed E-state index contributed by atoms with van der Waals surface area (Å²) in [5.74, 6) is 0.598. The minimum Gasteiger partial charge on any atom is -0.350 e. The van der Waals surface area contributed by atoms with Gasteiger partial charge in [0.1, 0.15) is 0 Å². The summed E-state index contributed by atoms with van der Waals surface area (Å²) < 4.78 is 0. The third-order valence-electron chi connectivity index (χ3n) is 5.52. The summed E-state index contributed by atoms with van der Waals surface area (Å²) in [5, 5.41) is 3.12. The van der Waals surface area contributed by atoms with E-state index in [0.29, 0.717) is 37.2 Å². The van der Waals surface area contributed by atoms with Gasteiger partial charge in [-0.15, -0.1) is 0 Å². The van der Waals surface area contributed by atoms with Gasteiger partial charge >= 0.3 is 0 Å². The SMILES string of the molecule is O=C1C[C@@H](c2cc(=O)[nH]c(NCc3ccccn3)n2)CN1C1CCCCC1. The number of amides is 1. The summed E-state index contributed by atoms with van der Waals surface area (Å²) in [5.41, 5.74) is 1.35. The molecular formula is C20H25N5O2. The summed E-state index contributed by atoms with van der Waals surface area (Å²) in [6.07, 6.45) is 8.02. The molecule has 7 heteroatoms. The fourth-order valence-electron chi connectivity index (χ4n) is 4.12. The first kappa shape index (κ1) is 17.7. The summed E-state index contributed by atoms with van der Waals surface area (Å²) in [6.45, 7) is 1.14. The van der Waals surface area contributed by atoms with E-state index >= 15 is 0 Å². The molecule has 0 unspecified atom stereocenters. The van der Waals surface area contributed by atoms with Crippen molar-refractivity contribution in [2.45, 2.75) is 57.0 Å². The van der Waals surface area contributed by atoms with E-state index < -0.39 is 0 Å². The van der Waals surface area contributed by atoms with Crippen LogP contribution in [0.15, 0.2) is 35.3 Å². The molecule has 1 saturated heterocycles. The summed E-state index contributed by atoms with van der Waals surface area (Å²) >= 11 is 0. The number of carbonyl (C=O) groups is 1. The zero-order valence-electron chi connectivity index (χ0n) is 15.4. The van der Waals surface area contributed by atoms with Crippen molar-refractivity contribution in [2.75, 3.05) is 11.9 Å². The molecule has 7 nitrogen and oxygen atoms in total. The number of nitrogens with zero attached hydrogens (tertiary/aromatic N) is 3. The van der Waals surface area contributed by atoms with Crippen LogP contribution in [-0.2, 0) is 11.3 Å². The van der Waals surface area contributed by atoms with E-state index in [1.165, 1.54) is 25.3 Å². The second-order valence-corrected chi connectivity index (χ2v) is 7.43. The normalized spacial score (nSPS) is 20.8. The molecule has 4 rings (SSSR count). The lowest BCUT2D eigenvalue weighted by molar-refractivity contribution is -0.130. The highest BCUT2D eigenvalue weighted by Crippen LogP contribution is 2.32. The molecule has 2 N–H and O–H groups in total. The molecule has 2 aromatic heterocycles. The summed E-state index contributed by atoms with van der Waals surface area (Å²) in [7, 11) is 0. The summed E-state index contributed by atoms with van der Waals surface area (Å²) in [6, 6.07) is 7.57. The van der Waals surface area contributed by atoms with Gasteiger partial charge in [0.25, 0.3) is 5.56 Å². The maximum atomic E-state index is 12.5. The number of H-pyrrole nitrogens is 1. The smallest absolute Gasteiger partial charge is 0.252 e. The molecule has 0 bridgehead atoms. The minimum atomic E-state index is -0.202. The van der Waals surface area contributed by atoms with E-state index in [9.17, 15) is 9.59 Å². The predicted octanol–water partition coefficient (Wildman–Crippen LogP) is 2.43. The second kappa shape index (κ2) is 7.90. The van der Waals surface area contributed by atoms with Crippen molar-refractivity contribution in [3.8, 4) is 0 Å². The Labute approximate surface area is 158 Å². The van der Waals surface area contributed by atoms with Gasteiger partial charge in [0.05, 0.1) is 17.9 Å². The molecule has 1 atom stereocenters. The number of pyridine rings is 1. The van der Waals surface area contributed by atoms with Crippen molar-refractivity contribution in [2.24, 2.45) is 0 Å². The number of anilines is 1. The Morgan fingerprint density at radius 2 is 2.04 bits per heavy atom. The van der Waals surface area contributed by atoms with Crippen LogP contribution < -0.4 is 10.9 Å². The first-order valence-electron chi connectivity index (χ1n) is 9.73. The van der Waals surface area contributed by atoms with Crippen LogP contribution in [0.3, 0.4) is 0 Å². The number of nitrogens with one attached hydrogen (secondary N) is 2. The number of likely N-dealkylation sites (tertiary alicyclic amines) is 1. The van der Waals surface area contributed by atoms with Crippen LogP contribution in [0.2, 0.25) is 0 Å². The third-order valence-corrected chi connectivity index (χ3v) is 5.52. The van der Waals surface area contributed by atoms with E-state index in [0.717, 1.165) is 18.5 Å². The Hall–Kier alpha value is -2.70. The third kappa shape index (κ3) is 4.18. The zero-order chi connectivity index (χ0) is 18.6. The largest absolute Gasteiger partial charge is 0.350 e. The lowest BCUT2D eigenvalue weighted by Crippen LogP contribution is -2.37. The molecule has 0 radical (unpaired) electrons. The Morgan fingerprint density at radius 1 is 1.19 bits per heavy atom. The van der Waals surface area contributed by atoms with Crippen molar-refractivity contribution in [1.82, 2.24) is 19.9 Å². The summed E-state index contributed by atoms with van der Waals surface area (Å²) in [4.78, 5) is 38.2. The van der Waals surface area contributed by atoms with Crippen LogP contribution in [0, 0.1) is 0 Å². The molecule has 1 aliphatic carbocycles. The predicted molar refractivity (Wildman–Crippen MR) is 102 cm³/mol. The van der Waals surface area contributed by atoms with Gasteiger partial charge in [-0.1, -0.05) is 25.3 Å². The first-order valence-corrected chi connectivity index (χ1v) is 9.73. The Kier molecular flexibility index (Phi) is 5.18. The molecule has 1 aliphatic heterocycles. The van der Waals surface area contributed by atoms with Gasteiger partial charge in [0.15, 0.2) is 0 Å². The van der Waals surface area contributed by atoms with Crippen LogP contribution in [0.4, 0.5) is 5.95 Å². The van der Waals surface area contributed by atoms with Gasteiger partial charge in [-0.3, -0.25) is 19.6 Å². The van der Waals surface area contributed by atoms with E-state index in [1.54, 1.807) is 6.20 Å². The van der Waals surface area contributed by atoms with Gasteiger partial charge < -0.3 is 10.2 Å². The average molecular weight is 367 g/mol. The Morgan fingerprint density at radius 3 is 2.81 bits per heavy atom. The molecular weight excluding hydrogens is 342 g/mol. The van der Waals surface area contributed by atoms with Gasteiger partial charge in [-0.05, 0) is 25.0 Å². The number of rotatable bonds is 5. The lowest BCUT2D eigenvalue weighted by atomic mass is 9.94. The van der Waals surface area contributed by atoms with Gasteiger partial charge in [-0.25, -0.2) is 4.98 Å². The zero-order valence-corrected chi connectivity index (χ0v) is 15.4. The standard InChI is InChI=1S/C20H25N5O2/c26-18-11-17(23-20(24-18)22-12-15-6-4-5-9-21-15)14-10-19(27)25(13-14)16-7-2-1-3-8-16/h4-6,9,11,14,16H,1-3,7-8,10,12-13H2,(H2,22,23,24,26)/t14-/m1/s1. The molecule has 27 heavy (non-hydrogen) atoms. The molecule has 0 spiro atoms. The molecule has 142 valence electrons. The quantitative estimate of drug-likeness (QED) is 0.847. The molecule has 3 heterocycles.